The molecular formula is C14H25N5. The predicted octanol–water partition coefficient (Wildman–Crippen LogP) is 0.895. The van der Waals surface area contributed by atoms with Crippen LogP contribution < -0.4 is 10.6 Å². The monoisotopic (exact) mass is 263 g/mol. The fraction of sp³-hybridized carbons (Fsp3) is 0.714. The summed E-state index contributed by atoms with van der Waals surface area (Å²) in [6.07, 6.45) is 4.63. The van der Waals surface area contributed by atoms with Crippen molar-refractivity contribution in [2.45, 2.75) is 45.3 Å². The Morgan fingerprint density at radius 1 is 1.26 bits per heavy atom. The van der Waals surface area contributed by atoms with E-state index in [1.54, 1.807) is 0 Å². The van der Waals surface area contributed by atoms with Crippen molar-refractivity contribution in [2.75, 3.05) is 25.0 Å². The Morgan fingerprint density at radius 3 is 2.26 bits per heavy atom. The van der Waals surface area contributed by atoms with Gasteiger partial charge in [0.2, 0.25) is 5.95 Å². The molecule has 3 unspecified atom stereocenters. The zero-order valence-electron chi connectivity index (χ0n) is 12.4. The molecule has 1 aromatic heterocycles. The lowest BCUT2D eigenvalue weighted by Gasteiger charge is -2.42. The van der Waals surface area contributed by atoms with Crippen molar-refractivity contribution in [3.63, 3.8) is 0 Å². The molecule has 0 radical (unpaired) electrons. The molecule has 1 aliphatic heterocycles. The first-order valence-electron chi connectivity index (χ1n) is 7.00. The molecule has 0 bridgehead atoms. The summed E-state index contributed by atoms with van der Waals surface area (Å²) < 4.78 is 0. The number of likely N-dealkylation sites (N-methyl/N-ethyl adjacent to an activating group) is 1. The molecule has 2 N–H and O–H groups in total. The average Bonchev–Trinajstić information content (AvgIpc) is 2.35. The van der Waals surface area contributed by atoms with E-state index in [0.29, 0.717) is 12.1 Å². The highest BCUT2D eigenvalue weighted by Crippen LogP contribution is 2.17. The minimum absolute atomic E-state index is 0.151. The molecule has 5 heteroatoms. The van der Waals surface area contributed by atoms with Gasteiger partial charge in [-0.1, -0.05) is 0 Å². The van der Waals surface area contributed by atoms with Crippen LogP contribution in [0.4, 0.5) is 5.95 Å². The van der Waals surface area contributed by atoms with Gasteiger partial charge in [-0.15, -0.1) is 0 Å². The average molecular weight is 263 g/mol. The van der Waals surface area contributed by atoms with Gasteiger partial charge in [-0.3, -0.25) is 4.90 Å². The first kappa shape index (κ1) is 14.2. The topological polar surface area (TPSA) is 58.3 Å². The SMILES string of the molecule is CC(N)Cc1cnc(N2CC(C)N(C)C(C)C2)nc1. The van der Waals surface area contributed by atoms with E-state index >= 15 is 0 Å². The number of hydrogen-bond acceptors (Lipinski definition) is 5. The lowest BCUT2D eigenvalue weighted by molar-refractivity contribution is 0.169. The van der Waals surface area contributed by atoms with Crippen molar-refractivity contribution in [1.82, 2.24) is 14.9 Å². The minimum Gasteiger partial charge on any atom is -0.338 e. The van der Waals surface area contributed by atoms with Gasteiger partial charge in [0, 0.05) is 43.6 Å². The molecule has 0 aliphatic carbocycles. The smallest absolute Gasteiger partial charge is 0.225 e. The second-order valence-electron chi connectivity index (χ2n) is 5.84. The van der Waals surface area contributed by atoms with E-state index in [1.807, 2.05) is 19.3 Å². The number of anilines is 1. The maximum Gasteiger partial charge on any atom is 0.225 e. The zero-order chi connectivity index (χ0) is 14.0. The largest absolute Gasteiger partial charge is 0.338 e. The van der Waals surface area contributed by atoms with Crippen LogP contribution in [0.1, 0.15) is 26.3 Å². The summed E-state index contributed by atoms with van der Waals surface area (Å²) in [5.74, 6) is 0.834. The molecule has 1 fully saturated rings. The van der Waals surface area contributed by atoms with Crippen LogP contribution in [0.2, 0.25) is 0 Å². The number of rotatable bonds is 3. The molecular weight excluding hydrogens is 238 g/mol. The first-order valence-corrected chi connectivity index (χ1v) is 7.00. The molecule has 0 aromatic carbocycles. The molecule has 1 aromatic rings. The number of piperazine rings is 1. The third-order valence-corrected chi connectivity index (χ3v) is 3.89. The van der Waals surface area contributed by atoms with Gasteiger partial charge < -0.3 is 10.6 Å². The molecule has 1 saturated heterocycles. The number of nitrogens with two attached hydrogens (primary N) is 1. The van der Waals surface area contributed by atoms with Crippen LogP contribution in [0.15, 0.2) is 12.4 Å². The minimum atomic E-state index is 0.151. The van der Waals surface area contributed by atoms with Crippen molar-refractivity contribution >= 4 is 5.95 Å². The molecule has 0 saturated carbocycles. The third-order valence-electron chi connectivity index (χ3n) is 3.89. The molecule has 0 spiro atoms. The number of nitrogens with zero attached hydrogens (tertiary/aromatic N) is 4. The van der Waals surface area contributed by atoms with Gasteiger partial charge in [0.25, 0.3) is 0 Å². The van der Waals surface area contributed by atoms with E-state index in [4.69, 9.17) is 5.73 Å². The van der Waals surface area contributed by atoms with E-state index < -0.39 is 0 Å². The Balaban J connectivity index is 2.06. The van der Waals surface area contributed by atoms with Crippen molar-refractivity contribution in [2.24, 2.45) is 5.73 Å². The van der Waals surface area contributed by atoms with Crippen LogP contribution in [-0.2, 0) is 6.42 Å². The molecule has 0 amide bonds. The van der Waals surface area contributed by atoms with E-state index in [1.165, 1.54) is 0 Å². The molecule has 106 valence electrons. The van der Waals surface area contributed by atoms with Crippen LogP contribution in [0.3, 0.4) is 0 Å². The molecule has 2 rings (SSSR count). The van der Waals surface area contributed by atoms with Crippen LogP contribution in [-0.4, -0.2) is 53.1 Å². The Kier molecular flexibility index (Phi) is 4.37. The van der Waals surface area contributed by atoms with Gasteiger partial charge in [-0.05, 0) is 39.8 Å². The van der Waals surface area contributed by atoms with Crippen LogP contribution in [0.5, 0.6) is 0 Å². The van der Waals surface area contributed by atoms with Crippen LogP contribution in [0.25, 0.3) is 0 Å². The Bertz CT molecular complexity index is 391. The van der Waals surface area contributed by atoms with Gasteiger partial charge in [0.05, 0.1) is 0 Å². The Labute approximate surface area is 115 Å². The maximum atomic E-state index is 5.79. The summed E-state index contributed by atoms with van der Waals surface area (Å²) in [7, 11) is 2.18. The summed E-state index contributed by atoms with van der Waals surface area (Å²) in [4.78, 5) is 13.7. The van der Waals surface area contributed by atoms with Gasteiger partial charge in [0.15, 0.2) is 0 Å². The van der Waals surface area contributed by atoms with E-state index in [9.17, 15) is 0 Å². The third kappa shape index (κ3) is 3.42. The lowest BCUT2D eigenvalue weighted by Crippen LogP contribution is -2.55. The highest BCUT2D eigenvalue weighted by Gasteiger charge is 2.27. The summed E-state index contributed by atoms with van der Waals surface area (Å²) in [6.45, 7) is 8.44. The molecule has 3 atom stereocenters. The Morgan fingerprint density at radius 2 is 1.79 bits per heavy atom. The summed E-state index contributed by atoms with van der Waals surface area (Å²) in [6, 6.07) is 1.20. The highest BCUT2D eigenvalue weighted by atomic mass is 15.3. The molecule has 5 nitrogen and oxygen atoms in total. The van der Waals surface area contributed by atoms with Crippen LogP contribution in [0, 0.1) is 0 Å². The van der Waals surface area contributed by atoms with E-state index in [0.717, 1.165) is 31.0 Å². The molecule has 19 heavy (non-hydrogen) atoms. The van der Waals surface area contributed by atoms with Crippen molar-refractivity contribution in [3.8, 4) is 0 Å². The fourth-order valence-corrected chi connectivity index (χ4v) is 2.56. The number of aromatic nitrogens is 2. The highest BCUT2D eigenvalue weighted by molar-refractivity contribution is 5.32. The quantitative estimate of drug-likeness (QED) is 0.878. The number of hydrogen-bond donors (Lipinski definition) is 1. The van der Waals surface area contributed by atoms with Gasteiger partial charge in [0.1, 0.15) is 0 Å². The molecule has 2 heterocycles. The van der Waals surface area contributed by atoms with Gasteiger partial charge in [-0.25, -0.2) is 9.97 Å². The van der Waals surface area contributed by atoms with E-state index in [-0.39, 0.29) is 6.04 Å². The van der Waals surface area contributed by atoms with Crippen molar-refractivity contribution in [3.05, 3.63) is 18.0 Å². The van der Waals surface area contributed by atoms with Gasteiger partial charge in [-0.2, -0.15) is 0 Å². The fourth-order valence-electron chi connectivity index (χ4n) is 2.56. The zero-order valence-corrected chi connectivity index (χ0v) is 12.4. The Hall–Kier alpha value is -1.20. The summed E-state index contributed by atoms with van der Waals surface area (Å²) in [5.41, 5.74) is 6.89. The van der Waals surface area contributed by atoms with Crippen LogP contribution >= 0.6 is 0 Å². The van der Waals surface area contributed by atoms with Crippen molar-refractivity contribution in [1.29, 1.82) is 0 Å². The van der Waals surface area contributed by atoms with Crippen molar-refractivity contribution < 1.29 is 0 Å². The summed E-state index contributed by atoms with van der Waals surface area (Å²) >= 11 is 0. The predicted molar refractivity (Wildman–Crippen MR) is 78.3 cm³/mol. The van der Waals surface area contributed by atoms with Gasteiger partial charge >= 0.3 is 0 Å². The summed E-state index contributed by atoms with van der Waals surface area (Å²) in [5, 5.41) is 0. The standard InChI is InChI=1S/C14H25N5/c1-10(15)5-13-6-16-14(17-7-13)19-8-11(2)18(4)12(3)9-19/h6-7,10-12H,5,8-9,15H2,1-4H3. The first-order chi connectivity index (χ1) is 8.97. The second kappa shape index (κ2) is 5.84. The molecule has 1 aliphatic rings. The maximum absolute atomic E-state index is 5.79. The van der Waals surface area contributed by atoms with E-state index in [2.05, 4.69) is 40.7 Å². The second-order valence-corrected chi connectivity index (χ2v) is 5.84. The normalized spacial score (nSPS) is 26.5. The lowest BCUT2D eigenvalue weighted by atomic mass is 10.1.